The summed E-state index contributed by atoms with van der Waals surface area (Å²) < 4.78 is 26.8. The predicted octanol–water partition coefficient (Wildman–Crippen LogP) is 2.38. The van der Waals surface area contributed by atoms with Crippen molar-refractivity contribution in [2.45, 2.75) is 38.0 Å². The van der Waals surface area contributed by atoms with Gasteiger partial charge in [0.15, 0.2) is 12.4 Å². The van der Waals surface area contributed by atoms with Crippen molar-refractivity contribution in [3.05, 3.63) is 48.2 Å². The minimum atomic E-state index is -3.63. The molecule has 0 radical (unpaired) electrons. The van der Waals surface area contributed by atoms with Crippen LogP contribution < -0.4 is 16.0 Å². The zero-order valence-corrected chi connectivity index (χ0v) is 20.4. The van der Waals surface area contributed by atoms with Gasteiger partial charge in [0.2, 0.25) is 10.0 Å². The third-order valence-electron chi connectivity index (χ3n) is 5.54. The molecule has 1 amide bonds. The van der Waals surface area contributed by atoms with E-state index in [0.29, 0.717) is 24.3 Å². The van der Waals surface area contributed by atoms with E-state index in [9.17, 15) is 13.2 Å². The Balaban J connectivity index is 1.62. The molecule has 34 heavy (non-hydrogen) atoms. The second-order valence-corrected chi connectivity index (χ2v) is 9.78. The molecule has 1 aliphatic rings. The second-order valence-electron chi connectivity index (χ2n) is 7.84. The van der Waals surface area contributed by atoms with Crippen molar-refractivity contribution in [3.8, 4) is 0 Å². The van der Waals surface area contributed by atoms with Gasteiger partial charge in [0.1, 0.15) is 5.82 Å². The molecule has 0 unspecified atom stereocenters. The van der Waals surface area contributed by atoms with Gasteiger partial charge in [-0.1, -0.05) is 25.1 Å². The second kappa shape index (κ2) is 11.8. The summed E-state index contributed by atoms with van der Waals surface area (Å²) in [6.07, 6.45) is 5.11. The molecule has 10 nitrogen and oxygen atoms in total. The minimum Gasteiger partial charge on any atom is -0.384 e. The Kier molecular flexibility index (Phi) is 8.83. The molecule has 11 heteroatoms. The number of nitrogens with one attached hydrogen (secondary N) is 1. The molecule has 0 saturated carbocycles. The third-order valence-corrected chi connectivity index (χ3v) is 7.58. The van der Waals surface area contributed by atoms with E-state index in [1.165, 1.54) is 22.9 Å². The Morgan fingerprint density at radius 3 is 2.62 bits per heavy atom. The lowest BCUT2D eigenvalue weighted by molar-refractivity contribution is -0.120. The van der Waals surface area contributed by atoms with Gasteiger partial charge in [0.05, 0.1) is 10.5 Å². The molecule has 2 heterocycles. The first-order chi connectivity index (χ1) is 16.4. The summed E-state index contributed by atoms with van der Waals surface area (Å²) in [5.74, 6) is 0.396. The van der Waals surface area contributed by atoms with Crippen molar-refractivity contribution in [2.75, 3.05) is 43.0 Å². The van der Waals surface area contributed by atoms with Crippen LogP contribution in [0.25, 0.3) is 0 Å². The fourth-order valence-corrected chi connectivity index (χ4v) is 5.31. The van der Waals surface area contributed by atoms with Crippen LogP contribution in [-0.2, 0) is 19.7 Å². The van der Waals surface area contributed by atoms with E-state index in [2.05, 4.69) is 20.4 Å². The Morgan fingerprint density at radius 2 is 1.91 bits per heavy atom. The SMILES string of the molecule is CCN(CC)S(=O)(=O)c1cccc(NC(=O)CO/N=C(/N)c2cccnc2N2CCCCC2)c1. The highest BCUT2D eigenvalue weighted by molar-refractivity contribution is 7.89. The molecule has 1 aromatic carbocycles. The fourth-order valence-electron chi connectivity index (χ4n) is 3.81. The Bertz CT molecular complexity index is 1110. The van der Waals surface area contributed by atoms with Crippen molar-refractivity contribution in [1.29, 1.82) is 0 Å². The lowest BCUT2D eigenvalue weighted by Gasteiger charge is -2.29. The van der Waals surface area contributed by atoms with E-state index in [1.54, 1.807) is 38.2 Å². The van der Waals surface area contributed by atoms with Crippen LogP contribution in [0.15, 0.2) is 52.6 Å². The van der Waals surface area contributed by atoms with Crippen molar-refractivity contribution in [2.24, 2.45) is 10.9 Å². The average Bonchev–Trinajstić information content (AvgIpc) is 2.85. The molecule has 1 fully saturated rings. The monoisotopic (exact) mass is 488 g/mol. The molecule has 0 spiro atoms. The fraction of sp³-hybridized carbons (Fsp3) is 0.435. The van der Waals surface area contributed by atoms with Crippen LogP contribution in [0.3, 0.4) is 0 Å². The lowest BCUT2D eigenvalue weighted by atomic mass is 10.1. The van der Waals surface area contributed by atoms with Crippen molar-refractivity contribution in [3.63, 3.8) is 0 Å². The smallest absolute Gasteiger partial charge is 0.265 e. The number of hydrogen-bond donors (Lipinski definition) is 2. The number of sulfonamides is 1. The van der Waals surface area contributed by atoms with E-state index in [1.807, 2.05) is 6.07 Å². The number of oxime groups is 1. The van der Waals surface area contributed by atoms with E-state index in [0.717, 1.165) is 31.7 Å². The molecule has 3 rings (SSSR count). The largest absolute Gasteiger partial charge is 0.384 e. The summed E-state index contributed by atoms with van der Waals surface area (Å²) in [5, 5.41) is 6.53. The molecule has 1 aliphatic heterocycles. The van der Waals surface area contributed by atoms with Crippen molar-refractivity contribution < 1.29 is 18.0 Å². The summed E-state index contributed by atoms with van der Waals surface area (Å²) in [6, 6.07) is 9.70. The number of benzene rings is 1. The van der Waals surface area contributed by atoms with Gasteiger partial charge in [-0.2, -0.15) is 4.31 Å². The van der Waals surface area contributed by atoms with Gasteiger partial charge in [-0.25, -0.2) is 13.4 Å². The van der Waals surface area contributed by atoms with E-state index in [-0.39, 0.29) is 17.3 Å². The summed E-state index contributed by atoms with van der Waals surface area (Å²) in [7, 11) is -3.63. The number of carbonyl (C=O) groups excluding carboxylic acids is 1. The van der Waals surface area contributed by atoms with Crippen molar-refractivity contribution >= 4 is 33.3 Å². The van der Waals surface area contributed by atoms with Gasteiger partial charge >= 0.3 is 0 Å². The standard InChI is InChI=1S/C23H32N6O4S/c1-3-29(4-2)34(31,32)19-11-8-10-18(16-19)26-21(30)17-33-27-22(24)20-12-9-13-25-23(20)28-14-6-5-7-15-28/h8-13,16H,3-7,14-15,17H2,1-2H3,(H2,24,27)(H,26,30). The molecular formula is C23H32N6O4S. The number of carbonyl (C=O) groups is 1. The zero-order valence-electron chi connectivity index (χ0n) is 19.6. The van der Waals surface area contributed by atoms with Crippen LogP contribution in [0.2, 0.25) is 0 Å². The number of aromatic nitrogens is 1. The minimum absolute atomic E-state index is 0.110. The van der Waals surface area contributed by atoms with Crippen LogP contribution in [0.4, 0.5) is 11.5 Å². The van der Waals surface area contributed by atoms with Gasteiger partial charge in [0, 0.05) is 38.1 Å². The molecule has 3 N–H and O–H groups in total. The van der Waals surface area contributed by atoms with Crippen LogP contribution in [0.1, 0.15) is 38.7 Å². The number of amides is 1. The van der Waals surface area contributed by atoms with Crippen LogP contribution in [0.5, 0.6) is 0 Å². The lowest BCUT2D eigenvalue weighted by Crippen LogP contribution is -2.32. The number of anilines is 2. The molecule has 0 bridgehead atoms. The van der Waals surface area contributed by atoms with Crippen LogP contribution in [-0.4, -0.2) is 62.2 Å². The number of nitrogens with zero attached hydrogens (tertiary/aromatic N) is 4. The third kappa shape index (κ3) is 6.23. The predicted molar refractivity (Wildman–Crippen MR) is 132 cm³/mol. The number of rotatable bonds is 10. The topological polar surface area (TPSA) is 130 Å². The highest BCUT2D eigenvalue weighted by atomic mass is 32.2. The number of amidine groups is 1. The maximum Gasteiger partial charge on any atom is 0.265 e. The number of piperidine rings is 1. The number of pyridine rings is 1. The normalized spacial score (nSPS) is 14.8. The average molecular weight is 489 g/mol. The van der Waals surface area contributed by atoms with Gasteiger partial charge in [0.25, 0.3) is 5.91 Å². The summed E-state index contributed by atoms with van der Waals surface area (Å²) in [6.45, 7) is 5.70. The first-order valence-corrected chi connectivity index (χ1v) is 12.9. The molecule has 0 atom stereocenters. The van der Waals surface area contributed by atoms with Gasteiger partial charge in [-0.15, -0.1) is 0 Å². The summed E-state index contributed by atoms with van der Waals surface area (Å²) >= 11 is 0. The van der Waals surface area contributed by atoms with Crippen LogP contribution in [0, 0.1) is 0 Å². The molecule has 184 valence electrons. The molecule has 1 aromatic heterocycles. The maximum atomic E-state index is 12.7. The van der Waals surface area contributed by atoms with E-state index >= 15 is 0 Å². The Morgan fingerprint density at radius 1 is 1.18 bits per heavy atom. The van der Waals surface area contributed by atoms with Crippen molar-refractivity contribution in [1.82, 2.24) is 9.29 Å². The van der Waals surface area contributed by atoms with Gasteiger partial charge in [-0.05, 0) is 49.6 Å². The summed E-state index contributed by atoms with van der Waals surface area (Å²) in [5.41, 5.74) is 7.12. The molecule has 2 aromatic rings. The van der Waals surface area contributed by atoms with Gasteiger partial charge in [-0.3, -0.25) is 4.79 Å². The van der Waals surface area contributed by atoms with Crippen LogP contribution >= 0.6 is 0 Å². The quantitative estimate of drug-likeness (QED) is 0.298. The summed E-state index contributed by atoms with van der Waals surface area (Å²) in [4.78, 5) is 24.2. The Hall–Kier alpha value is -3.18. The maximum absolute atomic E-state index is 12.7. The molecule has 0 aliphatic carbocycles. The number of hydrogen-bond acceptors (Lipinski definition) is 7. The van der Waals surface area contributed by atoms with E-state index < -0.39 is 15.9 Å². The van der Waals surface area contributed by atoms with Gasteiger partial charge < -0.3 is 20.8 Å². The molecular weight excluding hydrogens is 456 g/mol. The zero-order chi connectivity index (χ0) is 24.6. The first kappa shape index (κ1) is 25.4. The highest BCUT2D eigenvalue weighted by Gasteiger charge is 2.22. The van der Waals surface area contributed by atoms with E-state index in [4.69, 9.17) is 10.6 Å². The first-order valence-electron chi connectivity index (χ1n) is 11.4. The molecule has 1 saturated heterocycles. The Labute approximate surface area is 200 Å². The highest BCUT2D eigenvalue weighted by Crippen LogP contribution is 2.22. The number of nitrogens with two attached hydrogens (primary N) is 1.